The lowest BCUT2D eigenvalue weighted by atomic mass is 9.81. The maximum absolute atomic E-state index is 13.4. The third kappa shape index (κ3) is 5.83. The van der Waals surface area contributed by atoms with Crippen LogP contribution >= 0.6 is 22.9 Å². The molecule has 0 spiro atoms. The number of hydrogen-bond acceptors (Lipinski definition) is 8. The van der Waals surface area contributed by atoms with Crippen LogP contribution in [0.25, 0.3) is 0 Å². The second-order valence-electron chi connectivity index (χ2n) is 11.2. The lowest BCUT2D eigenvalue weighted by molar-refractivity contribution is -0.141. The molecular weight excluding hydrogens is 552 g/mol. The van der Waals surface area contributed by atoms with Crippen molar-refractivity contribution in [1.29, 1.82) is 0 Å². The second-order valence-corrected chi connectivity index (χ2v) is 12.7. The minimum Gasteiger partial charge on any atom is -0.378 e. The highest BCUT2D eigenvalue weighted by atomic mass is 35.5. The van der Waals surface area contributed by atoms with Crippen LogP contribution in [0.2, 0.25) is 0 Å². The molecule has 1 saturated heterocycles. The van der Waals surface area contributed by atoms with Crippen LogP contribution in [0.4, 0.5) is 0 Å². The van der Waals surface area contributed by atoms with Gasteiger partial charge >= 0.3 is 0 Å². The molecule has 3 amide bonds. The van der Waals surface area contributed by atoms with Gasteiger partial charge in [0.1, 0.15) is 0 Å². The Morgan fingerprint density at radius 2 is 1.90 bits per heavy atom. The number of carbonyl (C=O) groups is 3. The molecular formula is C28H35ClN6O4S. The van der Waals surface area contributed by atoms with E-state index >= 15 is 0 Å². The van der Waals surface area contributed by atoms with Gasteiger partial charge in [0, 0.05) is 60.4 Å². The number of fused-ring (bicyclic) bond motifs is 2. The Labute approximate surface area is 242 Å². The van der Waals surface area contributed by atoms with E-state index in [9.17, 15) is 14.4 Å². The fraction of sp³-hybridized carbons (Fsp3) is 0.571. The summed E-state index contributed by atoms with van der Waals surface area (Å²) in [6.07, 6.45) is 10.1. The highest BCUT2D eigenvalue weighted by Gasteiger charge is 2.39. The van der Waals surface area contributed by atoms with Gasteiger partial charge in [0.25, 0.3) is 11.8 Å². The summed E-state index contributed by atoms with van der Waals surface area (Å²) in [6, 6.07) is -0.719. The molecule has 2 aliphatic carbocycles. The fourth-order valence-electron chi connectivity index (χ4n) is 6.19. The molecule has 3 aliphatic heterocycles. The Kier molecular flexibility index (Phi) is 7.98. The Balaban J connectivity index is 1.17. The molecule has 10 nitrogen and oxygen atoms in total. The number of likely N-dealkylation sites (N-methyl/N-ethyl adjacent to an activating group) is 1. The van der Waals surface area contributed by atoms with Crippen LogP contribution in [-0.2, 0) is 27.3 Å². The molecule has 2 unspecified atom stereocenters. The average Bonchev–Trinajstić information content (AvgIpc) is 3.58. The summed E-state index contributed by atoms with van der Waals surface area (Å²) in [6.45, 7) is 3.96. The number of amides is 3. The maximum atomic E-state index is 13.4. The van der Waals surface area contributed by atoms with Gasteiger partial charge in [0.2, 0.25) is 5.91 Å². The van der Waals surface area contributed by atoms with Gasteiger partial charge < -0.3 is 30.5 Å². The Morgan fingerprint density at radius 1 is 1.10 bits per heavy atom. The van der Waals surface area contributed by atoms with Crippen molar-refractivity contribution < 1.29 is 19.1 Å². The van der Waals surface area contributed by atoms with Gasteiger partial charge in [-0.3, -0.25) is 14.4 Å². The molecule has 3 N–H and O–H groups in total. The van der Waals surface area contributed by atoms with E-state index in [1.807, 2.05) is 29.2 Å². The van der Waals surface area contributed by atoms with E-state index in [4.69, 9.17) is 16.3 Å². The summed E-state index contributed by atoms with van der Waals surface area (Å²) in [7, 11) is 2.06. The van der Waals surface area contributed by atoms with Gasteiger partial charge in [-0.1, -0.05) is 23.8 Å². The van der Waals surface area contributed by atoms with Crippen molar-refractivity contribution in [2.24, 2.45) is 11.8 Å². The molecule has 1 aromatic rings. The van der Waals surface area contributed by atoms with Crippen molar-refractivity contribution in [1.82, 2.24) is 30.7 Å². The zero-order valence-corrected chi connectivity index (χ0v) is 24.1. The maximum Gasteiger partial charge on any atom is 0.280 e. The standard InChI is InChI=1S/C28H35ClN6O4S/c1-34-7-6-21-24(15-34)40-27(33-21)26(37)32-22-13-16(28(38)35-8-10-39-11-9-35)2-4-20(22)31-25(36)23-14-17-12-18(29)3-5-19(17)30-23/h3,5,12,14,16-17,19-20,22,30H,2,4,6-11,13,15H2,1H3,(H,31,36)(H,32,37)/t16-,17?,19?,20-,22+/m0/s1. The fourth-order valence-corrected chi connectivity index (χ4v) is 7.50. The SMILES string of the molecule is CN1CCc2nc(C(=O)N[C@@H]3C[C@@H](C(=O)N4CCOCC4)CC[C@@H]3NC(=O)C3=CC4C=C(Cl)C=CC4N3)sc2C1. The molecule has 12 heteroatoms. The molecule has 5 atom stereocenters. The van der Waals surface area contributed by atoms with Gasteiger partial charge in [-0.05, 0) is 38.5 Å². The summed E-state index contributed by atoms with van der Waals surface area (Å²) in [5.41, 5.74) is 1.49. The van der Waals surface area contributed by atoms with Gasteiger partial charge in [-0.25, -0.2) is 4.98 Å². The molecule has 0 radical (unpaired) electrons. The van der Waals surface area contributed by atoms with E-state index in [2.05, 4.69) is 32.9 Å². The van der Waals surface area contributed by atoms with Crippen LogP contribution in [0.1, 0.15) is 39.6 Å². The number of morpholine rings is 1. The molecule has 1 aromatic heterocycles. The van der Waals surface area contributed by atoms with Crippen LogP contribution in [0, 0.1) is 11.8 Å². The van der Waals surface area contributed by atoms with Gasteiger partial charge in [-0.2, -0.15) is 0 Å². The van der Waals surface area contributed by atoms with Crippen LogP contribution in [0.3, 0.4) is 0 Å². The Morgan fingerprint density at radius 3 is 2.73 bits per heavy atom. The van der Waals surface area contributed by atoms with Gasteiger partial charge in [0.05, 0.1) is 36.7 Å². The summed E-state index contributed by atoms with van der Waals surface area (Å²) in [4.78, 5) is 49.9. The van der Waals surface area contributed by atoms with Crippen molar-refractivity contribution in [3.63, 3.8) is 0 Å². The number of ether oxygens (including phenoxy) is 1. The number of thiazole rings is 1. The number of rotatable bonds is 5. The van der Waals surface area contributed by atoms with E-state index in [-0.39, 0.29) is 41.6 Å². The molecule has 5 aliphatic rings. The van der Waals surface area contributed by atoms with E-state index < -0.39 is 6.04 Å². The van der Waals surface area contributed by atoms with Crippen molar-refractivity contribution in [2.45, 2.75) is 50.4 Å². The highest BCUT2D eigenvalue weighted by molar-refractivity contribution is 7.13. The zero-order valence-electron chi connectivity index (χ0n) is 22.5. The minimum absolute atomic E-state index is 0.00406. The van der Waals surface area contributed by atoms with Crippen molar-refractivity contribution >= 4 is 40.7 Å². The van der Waals surface area contributed by atoms with E-state index in [1.165, 1.54) is 11.3 Å². The largest absolute Gasteiger partial charge is 0.378 e. The molecule has 0 aromatic carbocycles. The van der Waals surface area contributed by atoms with Gasteiger partial charge in [0.15, 0.2) is 5.01 Å². The summed E-state index contributed by atoms with van der Waals surface area (Å²) >= 11 is 7.58. The first-order chi connectivity index (χ1) is 19.3. The third-order valence-electron chi connectivity index (χ3n) is 8.43. The van der Waals surface area contributed by atoms with Crippen molar-refractivity contribution in [3.8, 4) is 0 Å². The lowest BCUT2D eigenvalue weighted by Crippen LogP contribution is -2.57. The number of halogens is 1. The molecule has 0 bridgehead atoms. The van der Waals surface area contributed by atoms with Crippen LogP contribution < -0.4 is 16.0 Å². The first-order valence-electron chi connectivity index (χ1n) is 14.0. The summed E-state index contributed by atoms with van der Waals surface area (Å²) in [5, 5.41) is 10.7. The molecule has 4 heterocycles. The predicted octanol–water partition coefficient (Wildman–Crippen LogP) is 1.54. The van der Waals surface area contributed by atoms with Crippen LogP contribution in [0.15, 0.2) is 35.0 Å². The Bertz CT molecular complexity index is 1270. The smallest absolute Gasteiger partial charge is 0.280 e. The first-order valence-corrected chi connectivity index (χ1v) is 15.2. The monoisotopic (exact) mass is 586 g/mol. The second kappa shape index (κ2) is 11.6. The zero-order chi connectivity index (χ0) is 27.8. The topological polar surface area (TPSA) is 116 Å². The minimum atomic E-state index is -0.401. The first kappa shape index (κ1) is 27.4. The van der Waals surface area contributed by atoms with Crippen LogP contribution in [-0.4, -0.2) is 90.5 Å². The summed E-state index contributed by atoms with van der Waals surface area (Å²) < 4.78 is 5.42. The lowest BCUT2D eigenvalue weighted by Gasteiger charge is -2.39. The molecule has 40 heavy (non-hydrogen) atoms. The van der Waals surface area contributed by atoms with Crippen molar-refractivity contribution in [3.05, 3.63) is 50.6 Å². The highest BCUT2D eigenvalue weighted by Crippen LogP contribution is 2.30. The number of allylic oxidation sites excluding steroid dienone is 2. The number of aromatic nitrogens is 1. The van der Waals surface area contributed by atoms with E-state index in [1.54, 1.807) is 0 Å². The van der Waals surface area contributed by atoms with Crippen LogP contribution in [0.5, 0.6) is 0 Å². The quantitative estimate of drug-likeness (QED) is 0.479. The predicted molar refractivity (Wildman–Crippen MR) is 152 cm³/mol. The normalized spacial score (nSPS) is 29.9. The van der Waals surface area contributed by atoms with Gasteiger partial charge in [-0.15, -0.1) is 11.3 Å². The third-order valence-corrected chi connectivity index (χ3v) is 9.76. The number of hydrogen-bond donors (Lipinski definition) is 3. The molecule has 1 saturated carbocycles. The molecule has 6 rings (SSSR count). The van der Waals surface area contributed by atoms with E-state index in [0.29, 0.717) is 61.3 Å². The summed E-state index contributed by atoms with van der Waals surface area (Å²) in [5.74, 6) is -0.577. The number of carbonyl (C=O) groups excluding carboxylic acids is 3. The number of nitrogens with zero attached hydrogens (tertiary/aromatic N) is 3. The molecule has 2 fully saturated rings. The van der Waals surface area contributed by atoms with Crippen molar-refractivity contribution in [2.75, 3.05) is 39.9 Å². The van der Waals surface area contributed by atoms with E-state index in [0.717, 1.165) is 30.1 Å². The Hall–Kier alpha value is -2.73. The molecule has 214 valence electrons. The number of nitrogens with one attached hydrogen (secondary N) is 3. The average molecular weight is 587 g/mol.